The Morgan fingerprint density at radius 3 is 2.27 bits per heavy atom. The molecular weight excluding hydrogens is 188 g/mol. The van der Waals surface area contributed by atoms with E-state index in [2.05, 4.69) is 13.8 Å². The van der Waals surface area contributed by atoms with E-state index >= 15 is 0 Å². The van der Waals surface area contributed by atoms with Crippen molar-refractivity contribution in [1.29, 1.82) is 0 Å². The summed E-state index contributed by atoms with van der Waals surface area (Å²) in [5.41, 5.74) is 0. The molecular formula is C13H26O2. The van der Waals surface area contributed by atoms with E-state index in [4.69, 9.17) is 5.11 Å². The smallest absolute Gasteiger partial charge is 0.303 e. The minimum absolute atomic E-state index is 0.339. The number of aliphatic carboxylic acids is 1. The molecule has 90 valence electrons. The lowest BCUT2D eigenvalue weighted by Crippen LogP contribution is -2.01. The molecule has 0 aromatic rings. The number of carboxylic acids is 1. The minimum atomic E-state index is -0.657. The van der Waals surface area contributed by atoms with Gasteiger partial charge in [0.2, 0.25) is 0 Å². The van der Waals surface area contributed by atoms with Crippen LogP contribution in [-0.2, 0) is 4.79 Å². The van der Waals surface area contributed by atoms with Gasteiger partial charge < -0.3 is 5.11 Å². The molecule has 0 aliphatic heterocycles. The van der Waals surface area contributed by atoms with Crippen molar-refractivity contribution in [2.45, 2.75) is 71.6 Å². The summed E-state index contributed by atoms with van der Waals surface area (Å²) in [6, 6.07) is 0. The van der Waals surface area contributed by atoms with E-state index in [-0.39, 0.29) is 0 Å². The number of carboxylic acid groups (broad SMARTS) is 1. The Kier molecular flexibility index (Phi) is 9.65. The molecule has 0 heterocycles. The van der Waals surface area contributed by atoms with Crippen LogP contribution in [0.25, 0.3) is 0 Å². The molecule has 0 aromatic carbocycles. The van der Waals surface area contributed by atoms with Crippen molar-refractivity contribution in [3.8, 4) is 0 Å². The fourth-order valence-corrected chi connectivity index (χ4v) is 1.95. The second-order valence-electron chi connectivity index (χ2n) is 4.41. The summed E-state index contributed by atoms with van der Waals surface area (Å²) in [5, 5.41) is 8.55. The van der Waals surface area contributed by atoms with E-state index in [1.54, 1.807) is 0 Å². The molecule has 0 fully saturated rings. The third kappa shape index (κ3) is 9.77. The summed E-state index contributed by atoms with van der Waals surface area (Å²) in [7, 11) is 0. The van der Waals surface area contributed by atoms with Crippen molar-refractivity contribution in [3.63, 3.8) is 0 Å². The van der Waals surface area contributed by atoms with E-state index in [9.17, 15) is 4.79 Å². The highest BCUT2D eigenvalue weighted by Gasteiger charge is 2.07. The van der Waals surface area contributed by atoms with Gasteiger partial charge >= 0.3 is 5.97 Å². The van der Waals surface area contributed by atoms with Crippen LogP contribution in [0.3, 0.4) is 0 Å². The predicted molar refractivity (Wildman–Crippen MR) is 64.0 cm³/mol. The highest BCUT2D eigenvalue weighted by Crippen LogP contribution is 2.20. The first-order valence-electron chi connectivity index (χ1n) is 6.42. The molecule has 0 saturated heterocycles. The van der Waals surface area contributed by atoms with Gasteiger partial charge in [-0.1, -0.05) is 52.4 Å². The molecule has 0 rings (SSSR count). The monoisotopic (exact) mass is 214 g/mol. The Hall–Kier alpha value is -0.530. The molecule has 1 N–H and O–H groups in total. The van der Waals surface area contributed by atoms with Gasteiger partial charge in [0.05, 0.1) is 0 Å². The number of unbranched alkanes of at least 4 members (excludes halogenated alkanes) is 3. The Labute approximate surface area is 94.1 Å². The second kappa shape index (κ2) is 10.0. The molecule has 1 unspecified atom stereocenters. The Morgan fingerprint density at radius 2 is 1.73 bits per heavy atom. The summed E-state index contributed by atoms with van der Waals surface area (Å²) in [6.45, 7) is 4.44. The Bertz CT molecular complexity index is 155. The minimum Gasteiger partial charge on any atom is -0.481 e. The van der Waals surface area contributed by atoms with E-state index in [1.165, 1.54) is 38.5 Å². The van der Waals surface area contributed by atoms with Crippen LogP contribution in [0.1, 0.15) is 71.6 Å². The van der Waals surface area contributed by atoms with E-state index in [1.807, 2.05) is 0 Å². The molecule has 0 aliphatic rings. The van der Waals surface area contributed by atoms with Gasteiger partial charge in [0, 0.05) is 6.42 Å². The molecule has 2 nitrogen and oxygen atoms in total. The van der Waals surface area contributed by atoms with Crippen LogP contribution in [0.5, 0.6) is 0 Å². The quantitative estimate of drug-likeness (QED) is 0.552. The van der Waals surface area contributed by atoms with Gasteiger partial charge in [-0.05, 0) is 18.8 Å². The third-order valence-corrected chi connectivity index (χ3v) is 3.05. The van der Waals surface area contributed by atoms with Crippen LogP contribution >= 0.6 is 0 Å². The topological polar surface area (TPSA) is 37.3 Å². The SMILES string of the molecule is CCCCCCC(CC)CCCC(=O)O. The largest absolute Gasteiger partial charge is 0.481 e. The van der Waals surface area contributed by atoms with Gasteiger partial charge in [-0.15, -0.1) is 0 Å². The van der Waals surface area contributed by atoms with Crippen LogP contribution in [0.15, 0.2) is 0 Å². The van der Waals surface area contributed by atoms with E-state index in [0.717, 1.165) is 18.8 Å². The first-order valence-corrected chi connectivity index (χ1v) is 6.42. The van der Waals surface area contributed by atoms with Gasteiger partial charge in [0.25, 0.3) is 0 Å². The van der Waals surface area contributed by atoms with Gasteiger partial charge in [-0.3, -0.25) is 4.79 Å². The zero-order valence-corrected chi connectivity index (χ0v) is 10.3. The maximum absolute atomic E-state index is 10.4. The summed E-state index contributed by atoms with van der Waals surface area (Å²) >= 11 is 0. The normalized spacial score (nSPS) is 12.7. The number of carbonyl (C=O) groups is 1. The van der Waals surface area contributed by atoms with Crippen LogP contribution in [0.4, 0.5) is 0 Å². The maximum atomic E-state index is 10.4. The molecule has 0 bridgehead atoms. The molecule has 0 spiro atoms. The summed E-state index contributed by atoms with van der Waals surface area (Å²) in [6.07, 6.45) is 10.1. The fraction of sp³-hybridized carbons (Fsp3) is 0.923. The zero-order chi connectivity index (χ0) is 11.5. The van der Waals surface area contributed by atoms with Gasteiger partial charge in [0.15, 0.2) is 0 Å². The van der Waals surface area contributed by atoms with Crippen LogP contribution < -0.4 is 0 Å². The lowest BCUT2D eigenvalue weighted by molar-refractivity contribution is -0.137. The highest BCUT2D eigenvalue weighted by atomic mass is 16.4. The standard InChI is InChI=1S/C13H26O2/c1-3-5-6-7-9-12(4-2)10-8-11-13(14)15/h12H,3-11H2,1-2H3,(H,14,15). The molecule has 0 radical (unpaired) electrons. The van der Waals surface area contributed by atoms with Gasteiger partial charge in [0.1, 0.15) is 0 Å². The van der Waals surface area contributed by atoms with Crippen LogP contribution in [-0.4, -0.2) is 11.1 Å². The van der Waals surface area contributed by atoms with Gasteiger partial charge in [-0.25, -0.2) is 0 Å². The van der Waals surface area contributed by atoms with Crippen molar-refractivity contribution in [2.75, 3.05) is 0 Å². The number of hydrogen-bond donors (Lipinski definition) is 1. The van der Waals surface area contributed by atoms with Crippen molar-refractivity contribution >= 4 is 5.97 Å². The van der Waals surface area contributed by atoms with Crippen molar-refractivity contribution in [1.82, 2.24) is 0 Å². The maximum Gasteiger partial charge on any atom is 0.303 e. The number of rotatable bonds is 10. The lowest BCUT2D eigenvalue weighted by Gasteiger charge is -2.13. The average molecular weight is 214 g/mol. The second-order valence-corrected chi connectivity index (χ2v) is 4.41. The predicted octanol–water partition coefficient (Wildman–Crippen LogP) is 4.24. The van der Waals surface area contributed by atoms with Crippen molar-refractivity contribution < 1.29 is 9.90 Å². The Morgan fingerprint density at radius 1 is 1.07 bits per heavy atom. The summed E-state index contributed by atoms with van der Waals surface area (Å²) in [4.78, 5) is 10.4. The molecule has 0 aliphatic carbocycles. The molecule has 0 saturated carbocycles. The van der Waals surface area contributed by atoms with Crippen molar-refractivity contribution in [3.05, 3.63) is 0 Å². The molecule has 1 atom stereocenters. The molecule has 15 heavy (non-hydrogen) atoms. The Balaban J connectivity index is 3.41. The molecule has 2 heteroatoms. The first-order chi connectivity index (χ1) is 7.20. The molecule has 0 aromatic heterocycles. The first kappa shape index (κ1) is 14.5. The third-order valence-electron chi connectivity index (χ3n) is 3.05. The zero-order valence-electron chi connectivity index (χ0n) is 10.3. The lowest BCUT2D eigenvalue weighted by atomic mass is 9.93. The fourth-order valence-electron chi connectivity index (χ4n) is 1.95. The van der Waals surface area contributed by atoms with Crippen LogP contribution in [0, 0.1) is 5.92 Å². The van der Waals surface area contributed by atoms with Gasteiger partial charge in [-0.2, -0.15) is 0 Å². The van der Waals surface area contributed by atoms with E-state index in [0.29, 0.717) is 6.42 Å². The summed E-state index contributed by atoms with van der Waals surface area (Å²) in [5.74, 6) is 0.0945. The molecule has 0 amide bonds. The van der Waals surface area contributed by atoms with E-state index < -0.39 is 5.97 Å². The summed E-state index contributed by atoms with van der Waals surface area (Å²) < 4.78 is 0. The number of hydrogen-bond acceptors (Lipinski definition) is 1. The van der Waals surface area contributed by atoms with Crippen molar-refractivity contribution in [2.24, 2.45) is 5.92 Å². The average Bonchev–Trinajstić information content (AvgIpc) is 2.21. The van der Waals surface area contributed by atoms with Crippen LogP contribution in [0.2, 0.25) is 0 Å². The highest BCUT2D eigenvalue weighted by molar-refractivity contribution is 5.66.